The first kappa shape index (κ1) is 7.31. The molecule has 0 aliphatic carbocycles. The van der Waals surface area contributed by atoms with Crippen LogP contribution < -0.4 is 0 Å². The van der Waals surface area contributed by atoms with Crippen molar-refractivity contribution in [3.05, 3.63) is 0 Å². The zero-order valence-corrected chi connectivity index (χ0v) is 5.59. The number of rotatable bonds is 1. The third-order valence-corrected chi connectivity index (χ3v) is 1.80. The fraction of sp³-hybridized carbons (Fsp3) is 0.833. The first-order valence-electron chi connectivity index (χ1n) is 3.31. The SMILES string of the molecule is O=C(O)N1CCCC1CF. The number of alkyl halides is 1. The third-order valence-electron chi connectivity index (χ3n) is 1.80. The molecule has 1 aliphatic heterocycles. The summed E-state index contributed by atoms with van der Waals surface area (Å²) in [7, 11) is 0. The molecule has 0 aromatic heterocycles. The Balaban J connectivity index is 2.50. The lowest BCUT2D eigenvalue weighted by molar-refractivity contribution is 0.133. The van der Waals surface area contributed by atoms with Crippen LogP contribution in [0, 0.1) is 0 Å². The molecule has 0 spiro atoms. The molecule has 1 heterocycles. The lowest BCUT2D eigenvalue weighted by Gasteiger charge is -2.17. The van der Waals surface area contributed by atoms with E-state index in [0.29, 0.717) is 13.0 Å². The van der Waals surface area contributed by atoms with Gasteiger partial charge in [-0.3, -0.25) is 0 Å². The number of nitrogens with zero attached hydrogens (tertiary/aromatic N) is 1. The van der Waals surface area contributed by atoms with Crippen molar-refractivity contribution in [3.8, 4) is 0 Å². The standard InChI is InChI=1S/C6H10FNO2/c7-4-5-2-1-3-8(5)6(9)10/h5H,1-4H2,(H,9,10). The number of hydrogen-bond acceptors (Lipinski definition) is 1. The van der Waals surface area contributed by atoms with E-state index in [1.54, 1.807) is 0 Å². The summed E-state index contributed by atoms with van der Waals surface area (Å²) in [4.78, 5) is 11.5. The molecule has 0 radical (unpaired) electrons. The van der Waals surface area contributed by atoms with E-state index in [4.69, 9.17) is 5.11 Å². The maximum Gasteiger partial charge on any atom is 0.407 e. The molecule has 1 fully saturated rings. The van der Waals surface area contributed by atoms with Gasteiger partial charge in [-0.05, 0) is 12.8 Å². The molecule has 1 saturated heterocycles. The molecule has 3 nitrogen and oxygen atoms in total. The van der Waals surface area contributed by atoms with E-state index in [1.807, 2.05) is 0 Å². The first-order chi connectivity index (χ1) is 4.75. The predicted molar refractivity (Wildman–Crippen MR) is 33.7 cm³/mol. The van der Waals surface area contributed by atoms with Crippen LogP contribution in [0.1, 0.15) is 12.8 Å². The van der Waals surface area contributed by atoms with E-state index < -0.39 is 12.8 Å². The number of halogens is 1. The smallest absolute Gasteiger partial charge is 0.407 e. The lowest BCUT2D eigenvalue weighted by atomic mass is 10.2. The van der Waals surface area contributed by atoms with Crippen molar-refractivity contribution >= 4 is 6.09 Å². The van der Waals surface area contributed by atoms with Gasteiger partial charge < -0.3 is 10.0 Å². The second-order valence-electron chi connectivity index (χ2n) is 2.43. The van der Waals surface area contributed by atoms with Crippen molar-refractivity contribution in [1.29, 1.82) is 0 Å². The van der Waals surface area contributed by atoms with Crippen molar-refractivity contribution in [2.75, 3.05) is 13.2 Å². The van der Waals surface area contributed by atoms with Crippen LogP contribution in [0.5, 0.6) is 0 Å². The highest BCUT2D eigenvalue weighted by Gasteiger charge is 2.27. The minimum absolute atomic E-state index is 0.377. The molecule has 1 rings (SSSR count). The minimum Gasteiger partial charge on any atom is -0.465 e. The molecular weight excluding hydrogens is 137 g/mol. The largest absolute Gasteiger partial charge is 0.465 e. The molecule has 1 atom stereocenters. The molecule has 0 aromatic rings. The molecule has 58 valence electrons. The van der Waals surface area contributed by atoms with E-state index in [-0.39, 0.29) is 6.04 Å². The van der Waals surface area contributed by atoms with Gasteiger partial charge in [0.15, 0.2) is 0 Å². The number of carboxylic acid groups (broad SMARTS) is 1. The highest BCUT2D eigenvalue weighted by Crippen LogP contribution is 2.16. The predicted octanol–water partition coefficient (Wildman–Crippen LogP) is 1.10. The Hall–Kier alpha value is -0.800. The Kier molecular flexibility index (Phi) is 2.09. The first-order valence-corrected chi connectivity index (χ1v) is 3.31. The average Bonchev–Trinajstić information content (AvgIpc) is 2.33. The summed E-state index contributed by atoms with van der Waals surface area (Å²) >= 11 is 0. The number of likely N-dealkylation sites (tertiary alicyclic amines) is 1. The van der Waals surface area contributed by atoms with Crippen LogP contribution >= 0.6 is 0 Å². The van der Waals surface area contributed by atoms with Crippen LogP contribution in [0.4, 0.5) is 9.18 Å². The lowest BCUT2D eigenvalue weighted by Crippen LogP contribution is -2.35. The molecule has 4 heteroatoms. The van der Waals surface area contributed by atoms with Gasteiger partial charge >= 0.3 is 6.09 Å². The van der Waals surface area contributed by atoms with Gasteiger partial charge in [-0.25, -0.2) is 9.18 Å². The van der Waals surface area contributed by atoms with Crippen molar-refractivity contribution < 1.29 is 14.3 Å². The normalized spacial score (nSPS) is 25.3. The Morgan fingerprint density at radius 3 is 2.90 bits per heavy atom. The second-order valence-corrected chi connectivity index (χ2v) is 2.43. The van der Waals surface area contributed by atoms with Crippen LogP contribution in [-0.2, 0) is 0 Å². The maximum absolute atomic E-state index is 12.0. The van der Waals surface area contributed by atoms with Crippen LogP contribution in [0.15, 0.2) is 0 Å². The van der Waals surface area contributed by atoms with E-state index in [0.717, 1.165) is 6.42 Å². The van der Waals surface area contributed by atoms with Gasteiger partial charge in [0.1, 0.15) is 6.67 Å². The summed E-state index contributed by atoms with van der Waals surface area (Å²) in [5.74, 6) is 0. The summed E-state index contributed by atoms with van der Waals surface area (Å²) in [6.45, 7) is -0.0593. The summed E-state index contributed by atoms with van der Waals surface area (Å²) in [5.41, 5.74) is 0. The fourth-order valence-corrected chi connectivity index (χ4v) is 1.25. The van der Waals surface area contributed by atoms with Gasteiger partial charge in [-0.1, -0.05) is 0 Å². The molecule has 1 aliphatic rings. The van der Waals surface area contributed by atoms with Crippen molar-refractivity contribution in [2.45, 2.75) is 18.9 Å². The van der Waals surface area contributed by atoms with E-state index in [2.05, 4.69) is 0 Å². The van der Waals surface area contributed by atoms with Crippen LogP contribution in [-0.4, -0.2) is 35.4 Å². The van der Waals surface area contributed by atoms with Crippen LogP contribution in [0.25, 0.3) is 0 Å². The average molecular weight is 147 g/mol. The van der Waals surface area contributed by atoms with Gasteiger partial charge in [0.2, 0.25) is 0 Å². The highest BCUT2D eigenvalue weighted by molar-refractivity contribution is 5.65. The third kappa shape index (κ3) is 1.20. The van der Waals surface area contributed by atoms with E-state index in [9.17, 15) is 9.18 Å². The maximum atomic E-state index is 12.0. The number of amides is 1. The summed E-state index contributed by atoms with van der Waals surface area (Å²) in [5, 5.41) is 8.47. The zero-order valence-electron chi connectivity index (χ0n) is 5.59. The number of hydrogen-bond donors (Lipinski definition) is 1. The Bertz CT molecular complexity index is 140. The molecule has 1 amide bonds. The second kappa shape index (κ2) is 2.86. The van der Waals surface area contributed by atoms with Crippen LogP contribution in [0.3, 0.4) is 0 Å². The molecule has 0 aromatic carbocycles. The van der Waals surface area contributed by atoms with Crippen molar-refractivity contribution in [3.63, 3.8) is 0 Å². The van der Waals surface area contributed by atoms with Gasteiger partial charge in [-0.15, -0.1) is 0 Å². The zero-order chi connectivity index (χ0) is 7.56. The minimum atomic E-state index is -1.000. The molecular formula is C6H10FNO2. The summed E-state index contributed by atoms with van der Waals surface area (Å²) in [6, 6.07) is -0.377. The fourth-order valence-electron chi connectivity index (χ4n) is 1.25. The van der Waals surface area contributed by atoms with Gasteiger partial charge in [0.05, 0.1) is 6.04 Å². The van der Waals surface area contributed by atoms with Crippen molar-refractivity contribution in [2.24, 2.45) is 0 Å². The van der Waals surface area contributed by atoms with Gasteiger partial charge in [0, 0.05) is 6.54 Å². The van der Waals surface area contributed by atoms with Crippen LogP contribution in [0.2, 0.25) is 0 Å². The number of carbonyl (C=O) groups is 1. The van der Waals surface area contributed by atoms with Crippen molar-refractivity contribution in [1.82, 2.24) is 4.90 Å². The molecule has 0 saturated carbocycles. The molecule has 10 heavy (non-hydrogen) atoms. The highest BCUT2D eigenvalue weighted by atomic mass is 19.1. The van der Waals surface area contributed by atoms with Gasteiger partial charge in [-0.2, -0.15) is 0 Å². The molecule has 1 N–H and O–H groups in total. The molecule has 1 unspecified atom stereocenters. The van der Waals surface area contributed by atoms with E-state index in [1.165, 1.54) is 4.90 Å². The van der Waals surface area contributed by atoms with Gasteiger partial charge in [0.25, 0.3) is 0 Å². The Labute approximate surface area is 58.4 Å². The van der Waals surface area contributed by atoms with E-state index >= 15 is 0 Å². The Morgan fingerprint density at radius 2 is 2.50 bits per heavy atom. The summed E-state index contributed by atoms with van der Waals surface area (Å²) in [6.07, 6.45) is 0.462. The summed E-state index contributed by atoms with van der Waals surface area (Å²) < 4.78 is 12.0. The molecule has 0 bridgehead atoms. The quantitative estimate of drug-likeness (QED) is 0.603. The Morgan fingerprint density at radius 1 is 1.80 bits per heavy atom. The topological polar surface area (TPSA) is 40.5 Å². The monoisotopic (exact) mass is 147 g/mol.